The third-order valence-corrected chi connectivity index (χ3v) is 6.02. The molecule has 0 saturated heterocycles. The van der Waals surface area contributed by atoms with Gasteiger partial charge in [-0.3, -0.25) is 4.79 Å². The van der Waals surface area contributed by atoms with Crippen LogP contribution in [0.25, 0.3) is 10.8 Å². The van der Waals surface area contributed by atoms with Crippen LogP contribution in [-0.4, -0.2) is 33.4 Å². The Bertz CT molecular complexity index is 692. The molecule has 130 valence electrons. The molecule has 0 unspecified atom stereocenters. The van der Waals surface area contributed by atoms with E-state index < -0.39 is 0 Å². The molecule has 1 N–H and O–H groups in total. The molecule has 0 bridgehead atoms. The summed E-state index contributed by atoms with van der Waals surface area (Å²) in [6, 6.07) is 0. The van der Waals surface area contributed by atoms with Gasteiger partial charge in [0.2, 0.25) is 5.91 Å². The van der Waals surface area contributed by atoms with E-state index in [0.717, 1.165) is 22.1 Å². The van der Waals surface area contributed by atoms with Crippen LogP contribution in [0, 0.1) is 19.8 Å². The average Bonchev–Trinajstić information content (AvgIpc) is 3.18. The first kappa shape index (κ1) is 17.4. The van der Waals surface area contributed by atoms with Crippen molar-refractivity contribution < 1.29 is 9.21 Å². The predicted molar refractivity (Wildman–Crippen MR) is 95.2 cm³/mol. The lowest BCUT2D eigenvalue weighted by atomic mass is 9.89. The molecule has 1 aliphatic carbocycles. The lowest BCUT2D eigenvalue weighted by molar-refractivity contribution is -0.118. The first-order valence-corrected chi connectivity index (χ1v) is 10.1. The molecular formula is C16H22N4O2S2. The molecule has 2 heterocycles. The third kappa shape index (κ3) is 4.57. The van der Waals surface area contributed by atoms with Crippen LogP contribution in [0.1, 0.15) is 42.8 Å². The number of nitrogens with one attached hydrogen (secondary N) is 1. The van der Waals surface area contributed by atoms with Crippen molar-refractivity contribution >= 4 is 29.0 Å². The van der Waals surface area contributed by atoms with E-state index in [2.05, 4.69) is 20.5 Å². The number of aromatic nitrogens is 3. The van der Waals surface area contributed by atoms with Gasteiger partial charge in [0, 0.05) is 6.54 Å². The molecule has 1 amide bonds. The number of thioether (sulfide) groups is 1. The fourth-order valence-electron chi connectivity index (χ4n) is 2.92. The van der Waals surface area contributed by atoms with Gasteiger partial charge >= 0.3 is 0 Å². The summed E-state index contributed by atoms with van der Waals surface area (Å²) in [6.45, 7) is 4.66. The highest BCUT2D eigenvalue weighted by atomic mass is 32.2. The van der Waals surface area contributed by atoms with Gasteiger partial charge in [-0.05, 0) is 32.6 Å². The summed E-state index contributed by atoms with van der Waals surface area (Å²) in [7, 11) is 0. The average molecular weight is 367 g/mol. The van der Waals surface area contributed by atoms with Crippen molar-refractivity contribution in [1.82, 2.24) is 20.5 Å². The minimum Gasteiger partial charge on any atom is -0.410 e. The second-order valence-corrected chi connectivity index (χ2v) is 8.25. The molecule has 0 spiro atoms. The highest BCUT2D eigenvalue weighted by Crippen LogP contribution is 2.30. The molecule has 24 heavy (non-hydrogen) atoms. The number of hydrogen-bond acceptors (Lipinski definition) is 7. The van der Waals surface area contributed by atoms with Crippen molar-refractivity contribution in [2.75, 3.05) is 12.3 Å². The summed E-state index contributed by atoms with van der Waals surface area (Å²) >= 11 is 2.81. The van der Waals surface area contributed by atoms with E-state index in [-0.39, 0.29) is 5.91 Å². The number of thiazole rings is 1. The zero-order chi connectivity index (χ0) is 16.9. The second kappa shape index (κ2) is 8.11. The molecular weight excluding hydrogens is 344 g/mol. The molecule has 1 saturated carbocycles. The minimum atomic E-state index is 0.0233. The van der Waals surface area contributed by atoms with Crippen LogP contribution < -0.4 is 5.32 Å². The quantitative estimate of drug-likeness (QED) is 0.787. The van der Waals surface area contributed by atoms with E-state index in [0.29, 0.717) is 22.8 Å². The smallest absolute Gasteiger partial charge is 0.277 e. The van der Waals surface area contributed by atoms with Gasteiger partial charge < -0.3 is 9.73 Å². The summed E-state index contributed by atoms with van der Waals surface area (Å²) in [5.74, 6) is 1.44. The van der Waals surface area contributed by atoms with Crippen molar-refractivity contribution in [3.63, 3.8) is 0 Å². The number of carbonyl (C=O) groups is 1. The summed E-state index contributed by atoms with van der Waals surface area (Å²) in [5, 5.41) is 12.5. The van der Waals surface area contributed by atoms with Crippen LogP contribution in [0.15, 0.2) is 9.64 Å². The fraction of sp³-hybridized carbons (Fsp3) is 0.625. The molecule has 0 radical (unpaired) electrons. The predicted octanol–water partition coefficient (Wildman–Crippen LogP) is 3.60. The Balaban J connectivity index is 1.46. The number of carbonyl (C=O) groups excluding carboxylic acids is 1. The standard InChI is InChI=1S/C16H22N4O2S2/c1-10-14(24-11(2)18-10)15-19-20-16(22-15)23-9-13(21)17-8-12-6-4-3-5-7-12/h12H,3-9H2,1-2H3,(H,17,21). The van der Waals surface area contributed by atoms with E-state index in [1.807, 2.05) is 13.8 Å². The summed E-state index contributed by atoms with van der Waals surface area (Å²) in [4.78, 5) is 17.2. The molecule has 8 heteroatoms. The Labute approximate surface area is 149 Å². The van der Waals surface area contributed by atoms with E-state index >= 15 is 0 Å². The van der Waals surface area contributed by atoms with Gasteiger partial charge in [-0.15, -0.1) is 21.5 Å². The van der Waals surface area contributed by atoms with Gasteiger partial charge in [0.15, 0.2) is 0 Å². The molecule has 0 atom stereocenters. The summed E-state index contributed by atoms with van der Waals surface area (Å²) in [5.41, 5.74) is 0.892. The first-order valence-electron chi connectivity index (χ1n) is 8.29. The maximum atomic E-state index is 12.0. The monoisotopic (exact) mass is 366 g/mol. The van der Waals surface area contributed by atoms with Gasteiger partial charge in [0.25, 0.3) is 11.1 Å². The molecule has 2 aromatic heterocycles. The van der Waals surface area contributed by atoms with Gasteiger partial charge in [0.1, 0.15) is 4.88 Å². The largest absolute Gasteiger partial charge is 0.410 e. The van der Waals surface area contributed by atoms with Crippen molar-refractivity contribution in [3.05, 3.63) is 10.7 Å². The van der Waals surface area contributed by atoms with E-state index in [9.17, 15) is 4.79 Å². The van der Waals surface area contributed by atoms with Crippen LogP contribution >= 0.6 is 23.1 Å². The topological polar surface area (TPSA) is 80.9 Å². The Morgan fingerprint density at radius 3 is 2.79 bits per heavy atom. The Morgan fingerprint density at radius 1 is 1.29 bits per heavy atom. The number of amides is 1. The molecule has 0 aliphatic heterocycles. The lowest BCUT2D eigenvalue weighted by Crippen LogP contribution is -2.31. The Hall–Kier alpha value is -1.41. The van der Waals surface area contributed by atoms with Crippen LogP contribution in [-0.2, 0) is 4.79 Å². The van der Waals surface area contributed by atoms with Crippen LogP contribution in [0.5, 0.6) is 0 Å². The third-order valence-electron chi connectivity index (χ3n) is 4.14. The molecule has 2 aromatic rings. The van der Waals surface area contributed by atoms with Gasteiger partial charge in [-0.2, -0.15) is 0 Å². The van der Waals surface area contributed by atoms with Gasteiger partial charge in [0.05, 0.1) is 16.5 Å². The fourth-order valence-corrected chi connectivity index (χ4v) is 4.35. The van der Waals surface area contributed by atoms with E-state index in [4.69, 9.17) is 4.42 Å². The van der Waals surface area contributed by atoms with Crippen molar-refractivity contribution in [1.29, 1.82) is 0 Å². The number of aryl methyl sites for hydroxylation is 2. The molecule has 3 rings (SSSR count). The summed E-state index contributed by atoms with van der Waals surface area (Å²) < 4.78 is 5.64. The van der Waals surface area contributed by atoms with Crippen LogP contribution in [0.4, 0.5) is 0 Å². The zero-order valence-corrected chi connectivity index (χ0v) is 15.6. The maximum absolute atomic E-state index is 12.0. The molecule has 0 aromatic carbocycles. The van der Waals surface area contributed by atoms with Crippen LogP contribution in [0.3, 0.4) is 0 Å². The summed E-state index contributed by atoms with van der Waals surface area (Å²) in [6.07, 6.45) is 6.37. The maximum Gasteiger partial charge on any atom is 0.277 e. The normalized spacial score (nSPS) is 15.6. The molecule has 6 nitrogen and oxygen atoms in total. The number of hydrogen-bond donors (Lipinski definition) is 1. The van der Waals surface area contributed by atoms with E-state index in [1.165, 1.54) is 55.2 Å². The van der Waals surface area contributed by atoms with E-state index in [1.54, 1.807) is 0 Å². The SMILES string of the molecule is Cc1nc(C)c(-c2nnc(SCC(=O)NCC3CCCCC3)o2)s1. The molecule has 1 aliphatic rings. The highest BCUT2D eigenvalue weighted by molar-refractivity contribution is 7.99. The van der Waals surface area contributed by atoms with Crippen molar-refractivity contribution in [2.45, 2.75) is 51.2 Å². The first-order chi connectivity index (χ1) is 11.6. The van der Waals surface area contributed by atoms with Gasteiger partial charge in [-0.25, -0.2) is 4.98 Å². The van der Waals surface area contributed by atoms with Crippen molar-refractivity contribution in [3.8, 4) is 10.8 Å². The zero-order valence-electron chi connectivity index (χ0n) is 14.0. The second-order valence-electron chi connectivity index (χ2n) is 6.12. The number of nitrogens with zero attached hydrogens (tertiary/aromatic N) is 3. The Morgan fingerprint density at radius 2 is 2.08 bits per heavy atom. The highest BCUT2D eigenvalue weighted by Gasteiger charge is 2.17. The number of rotatable bonds is 6. The van der Waals surface area contributed by atoms with Crippen LogP contribution in [0.2, 0.25) is 0 Å². The van der Waals surface area contributed by atoms with Crippen molar-refractivity contribution in [2.24, 2.45) is 5.92 Å². The Kier molecular flexibility index (Phi) is 5.89. The lowest BCUT2D eigenvalue weighted by Gasteiger charge is -2.21. The molecule has 1 fully saturated rings. The minimum absolute atomic E-state index is 0.0233. The van der Waals surface area contributed by atoms with Gasteiger partial charge in [-0.1, -0.05) is 31.0 Å².